The highest BCUT2D eigenvalue weighted by molar-refractivity contribution is 7.91. The smallest absolute Gasteiger partial charge is 0.181 e. The van der Waals surface area contributed by atoms with Gasteiger partial charge in [0.1, 0.15) is 5.69 Å². The number of carbonyl (C=O) groups is 1. The Morgan fingerprint density at radius 2 is 2.35 bits per heavy atom. The van der Waals surface area contributed by atoms with Crippen molar-refractivity contribution in [2.45, 2.75) is 26.3 Å². The van der Waals surface area contributed by atoms with Gasteiger partial charge in [-0.15, -0.1) is 0 Å². The Balaban J connectivity index is 2.03. The molecule has 94 valence electrons. The van der Waals surface area contributed by atoms with E-state index in [2.05, 4.69) is 5.10 Å². The molecule has 1 aliphatic rings. The quantitative estimate of drug-likeness (QED) is 0.751. The average molecular weight is 256 g/mol. The molecule has 2 heterocycles. The number of sulfone groups is 1. The van der Waals surface area contributed by atoms with Crippen molar-refractivity contribution in [3.8, 4) is 0 Å². The van der Waals surface area contributed by atoms with Crippen LogP contribution in [-0.2, 0) is 16.4 Å². The van der Waals surface area contributed by atoms with Crippen LogP contribution in [0.25, 0.3) is 0 Å². The molecule has 0 amide bonds. The van der Waals surface area contributed by atoms with Crippen LogP contribution in [-0.4, -0.2) is 35.5 Å². The maximum atomic E-state index is 12.0. The Morgan fingerprint density at radius 3 is 2.94 bits per heavy atom. The highest BCUT2D eigenvalue weighted by Gasteiger charge is 2.30. The molecule has 6 heteroatoms. The second kappa shape index (κ2) is 4.60. The molecule has 5 nitrogen and oxygen atoms in total. The molecule has 0 saturated carbocycles. The highest BCUT2D eigenvalue weighted by Crippen LogP contribution is 2.23. The highest BCUT2D eigenvalue weighted by atomic mass is 32.2. The van der Waals surface area contributed by atoms with Crippen molar-refractivity contribution >= 4 is 15.6 Å². The van der Waals surface area contributed by atoms with E-state index in [1.54, 1.807) is 16.9 Å². The molecule has 1 saturated heterocycles. The number of Topliss-reactive ketones (excluding diaryl/α,β-unsaturated/α-hetero) is 1. The molecule has 2 rings (SSSR count). The Bertz CT molecular complexity index is 519. The number of aromatic nitrogens is 2. The zero-order valence-corrected chi connectivity index (χ0v) is 10.6. The molecule has 0 radical (unpaired) electrons. The molecule has 1 aromatic rings. The van der Waals surface area contributed by atoms with E-state index in [0.29, 0.717) is 25.1 Å². The van der Waals surface area contributed by atoms with E-state index in [-0.39, 0.29) is 23.2 Å². The number of rotatable bonds is 4. The fourth-order valence-electron chi connectivity index (χ4n) is 2.22. The molecular formula is C11H16N2O3S. The number of aryl methyl sites for hydroxylation is 1. The van der Waals surface area contributed by atoms with Crippen LogP contribution in [0.5, 0.6) is 0 Å². The zero-order valence-electron chi connectivity index (χ0n) is 9.80. The molecule has 0 aliphatic carbocycles. The minimum Gasteiger partial charge on any atom is -0.292 e. The van der Waals surface area contributed by atoms with Crippen molar-refractivity contribution in [2.75, 3.05) is 11.5 Å². The van der Waals surface area contributed by atoms with Gasteiger partial charge < -0.3 is 0 Å². The summed E-state index contributed by atoms with van der Waals surface area (Å²) in [6, 6.07) is 1.69. The number of hydrogen-bond acceptors (Lipinski definition) is 4. The van der Waals surface area contributed by atoms with Crippen LogP contribution >= 0.6 is 0 Å². The standard InChI is InChI=1S/C11H16N2O3S/c1-2-13-10(3-5-12-13)11(14)7-9-4-6-17(15,16)8-9/h3,5,9H,2,4,6-8H2,1H3. The summed E-state index contributed by atoms with van der Waals surface area (Å²) < 4.78 is 24.3. The van der Waals surface area contributed by atoms with Crippen LogP contribution in [0.2, 0.25) is 0 Å². The average Bonchev–Trinajstić information content (AvgIpc) is 2.84. The lowest BCUT2D eigenvalue weighted by Gasteiger charge is -2.07. The lowest BCUT2D eigenvalue weighted by atomic mass is 10.0. The van der Waals surface area contributed by atoms with Gasteiger partial charge >= 0.3 is 0 Å². The van der Waals surface area contributed by atoms with Gasteiger partial charge in [0.25, 0.3) is 0 Å². The first-order chi connectivity index (χ1) is 8.02. The van der Waals surface area contributed by atoms with Gasteiger partial charge in [0.15, 0.2) is 15.6 Å². The van der Waals surface area contributed by atoms with E-state index < -0.39 is 9.84 Å². The summed E-state index contributed by atoms with van der Waals surface area (Å²) in [6.07, 6.45) is 2.52. The van der Waals surface area contributed by atoms with Gasteiger partial charge in [-0.1, -0.05) is 0 Å². The lowest BCUT2D eigenvalue weighted by molar-refractivity contribution is 0.0955. The van der Waals surface area contributed by atoms with Gasteiger partial charge in [0.05, 0.1) is 11.5 Å². The minimum absolute atomic E-state index is 0.00792. The summed E-state index contributed by atoms with van der Waals surface area (Å²) in [4.78, 5) is 12.0. The van der Waals surface area contributed by atoms with Crippen molar-refractivity contribution in [2.24, 2.45) is 5.92 Å². The predicted molar refractivity (Wildman–Crippen MR) is 63.6 cm³/mol. The molecule has 0 bridgehead atoms. The van der Waals surface area contributed by atoms with Crippen molar-refractivity contribution in [1.29, 1.82) is 0 Å². The molecule has 1 aliphatic heterocycles. The summed E-state index contributed by atoms with van der Waals surface area (Å²) >= 11 is 0. The first-order valence-corrected chi connectivity index (χ1v) is 7.59. The summed E-state index contributed by atoms with van der Waals surface area (Å²) in [5, 5.41) is 4.04. The maximum Gasteiger partial charge on any atom is 0.181 e. The first-order valence-electron chi connectivity index (χ1n) is 5.77. The van der Waals surface area contributed by atoms with Gasteiger partial charge in [-0.2, -0.15) is 5.10 Å². The van der Waals surface area contributed by atoms with Crippen LogP contribution in [0.15, 0.2) is 12.3 Å². The van der Waals surface area contributed by atoms with E-state index in [0.717, 1.165) is 0 Å². The lowest BCUT2D eigenvalue weighted by Crippen LogP contribution is -2.14. The van der Waals surface area contributed by atoms with Crippen LogP contribution in [0.1, 0.15) is 30.3 Å². The second-order valence-electron chi connectivity index (χ2n) is 4.43. The molecule has 17 heavy (non-hydrogen) atoms. The summed E-state index contributed by atoms with van der Waals surface area (Å²) in [5.41, 5.74) is 0.580. The van der Waals surface area contributed by atoms with Crippen molar-refractivity contribution in [3.05, 3.63) is 18.0 Å². The molecule has 0 aromatic carbocycles. The normalized spacial score (nSPS) is 22.8. The Kier molecular flexibility index (Phi) is 3.33. The van der Waals surface area contributed by atoms with E-state index in [9.17, 15) is 13.2 Å². The van der Waals surface area contributed by atoms with Crippen LogP contribution in [0.3, 0.4) is 0 Å². The summed E-state index contributed by atoms with van der Waals surface area (Å²) in [6.45, 7) is 2.57. The molecular weight excluding hydrogens is 240 g/mol. The van der Waals surface area contributed by atoms with Crippen molar-refractivity contribution in [3.63, 3.8) is 0 Å². The van der Waals surface area contributed by atoms with E-state index in [4.69, 9.17) is 0 Å². The van der Waals surface area contributed by atoms with Crippen molar-refractivity contribution in [1.82, 2.24) is 9.78 Å². The van der Waals surface area contributed by atoms with Crippen LogP contribution in [0, 0.1) is 5.92 Å². The molecule has 1 unspecified atom stereocenters. The topological polar surface area (TPSA) is 69.0 Å². The fourth-order valence-corrected chi connectivity index (χ4v) is 4.08. The monoisotopic (exact) mass is 256 g/mol. The SMILES string of the molecule is CCn1nccc1C(=O)CC1CCS(=O)(=O)C1. The Labute approximate surface area is 101 Å². The number of ketones is 1. The predicted octanol–water partition coefficient (Wildman–Crippen LogP) is 0.911. The summed E-state index contributed by atoms with van der Waals surface area (Å²) in [5.74, 6) is 0.343. The van der Waals surface area contributed by atoms with Gasteiger partial charge in [0.2, 0.25) is 0 Å². The third-order valence-electron chi connectivity index (χ3n) is 3.10. The zero-order chi connectivity index (χ0) is 12.5. The van der Waals surface area contributed by atoms with Crippen LogP contribution in [0.4, 0.5) is 0 Å². The number of carbonyl (C=O) groups excluding carboxylic acids is 1. The Morgan fingerprint density at radius 1 is 1.59 bits per heavy atom. The van der Waals surface area contributed by atoms with Gasteiger partial charge in [-0.25, -0.2) is 8.42 Å². The molecule has 0 spiro atoms. The second-order valence-corrected chi connectivity index (χ2v) is 6.66. The fraction of sp³-hybridized carbons (Fsp3) is 0.636. The largest absolute Gasteiger partial charge is 0.292 e. The number of hydrogen-bond donors (Lipinski definition) is 0. The van der Waals surface area contributed by atoms with Gasteiger partial charge in [-0.05, 0) is 25.3 Å². The van der Waals surface area contributed by atoms with Crippen LogP contribution < -0.4 is 0 Å². The van der Waals surface area contributed by atoms with E-state index in [1.807, 2.05) is 6.92 Å². The Hall–Kier alpha value is -1.17. The first kappa shape index (κ1) is 12.3. The summed E-state index contributed by atoms with van der Waals surface area (Å²) in [7, 11) is -2.90. The third kappa shape index (κ3) is 2.74. The number of nitrogens with zero attached hydrogens (tertiary/aromatic N) is 2. The van der Waals surface area contributed by atoms with E-state index in [1.165, 1.54) is 0 Å². The maximum absolute atomic E-state index is 12.0. The van der Waals surface area contributed by atoms with Crippen molar-refractivity contribution < 1.29 is 13.2 Å². The molecule has 0 N–H and O–H groups in total. The van der Waals surface area contributed by atoms with Gasteiger partial charge in [-0.3, -0.25) is 9.48 Å². The minimum atomic E-state index is -2.90. The molecule has 1 atom stereocenters. The van der Waals surface area contributed by atoms with E-state index >= 15 is 0 Å². The third-order valence-corrected chi connectivity index (χ3v) is 4.94. The van der Waals surface area contributed by atoms with Gasteiger partial charge in [0, 0.05) is 19.2 Å². The molecule has 1 aromatic heterocycles. The molecule has 1 fully saturated rings.